The Labute approximate surface area is 152 Å². The van der Waals surface area contributed by atoms with E-state index in [1.165, 1.54) is 5.56 Å². The van der Waals surface area contributed by atoms with E-state index in [1.54, 1.807) is 4.90 Å². The summed E-state index contributed by atoms with van der Waals surface area (Å²) in [6, 6.07) is 17.1. The third-order valence-corrected chi connectivity index (χ3v) is 6.12. The van der Waals surface area contributed by atoms with E-state index in [-0.39, 0.29) is 23.4 Å². The lowest BCUT2D eigenvalue weighted by atomic mass is 9.80. The van der Waals surface area contributed by atoms with Gasteiger partial charge in [-0.05, 0) is 23.6 Å². The normalized spacial score (nSPS) is 31.7. The highest BCUT2D eigenvalue weighted by Crippen LogP contribution is 2.51. The van der Waals surface area contributed by atoms with Gasteiger partial charge in [0.15, 0.2) is 0 Å². The van der Waals surface area contributed by atoms with Gasteiger partial charge in [0.2, 0.25) is 11.8 Å². The van der Waals surface area contributed by atoms with E-state index < -0.39 is 12.1 Å². The van der Waals surface area contributed by atoms with Crippen molar-refractivity contribution >= 4 is 17.5 Å². The smallest absolute Gasteiger partial charge is 0.247 e. The van der Waals surface area contributed by atoms with Crippen molar-refractivity contribution in [2.24, 2.45) is 0 Å². The van der Waals surface area contributed by atoms with E-state index in [0.717, 1.165) is 11.3 Å². The Morgan fingerprint density at radius 2 is 1.77 bits per heavy atom. The third-order valence-electron chi connectivity index (χ3n) is 6.12. The van der Waals surface area contributed by atoms with Crippen LogP contribution in [-0.4, -0.2) is 35.0 Å². The maximum Gasteiger partial charge on any atom is 0.247 e. The van der Waals surface area contributed by atoms with Crippen molar-refractivity contribution in [1.29, 1.82) is 0 Å². The van der Waals surface area contributed by atoms with E-state index in [2.05, 4.69) is 23.6 Å². The van der Waals surface area contributed by atoms with Crippen molar-refractivity contribution in [1.82, 2.24) is 10.2 Å². The summed E-state index contributed by atoms with van der Waals surface area (Å²) < 4.78 is 0. The predicted octanol–water partition coefficient (Wildman–Crippen LogP) is 2.04. The molecule has 0 spiro atoms. The van der Waals surface area contributed by atoms with E-state index in [4.69, 9.17) is 0 Å². The minimum atomic E-state index is -0.506. The van der Waals surface area contributed by atoms with Gasteiger partial charge in [-0.2, -0.15) is 0 Å². The van der Waals surface area contributed by atoms with Crippen molar-refractivity contribution in [3.8, 4) is 0 Å². The highest BCUT2D eigenvalue weighted by Gasteiger charge is 2.60. The maximum absolute atomic E-state index is 13.3. The molecule has 3 heterocycles. The predicted molar refractivity (Wildman–Crippen MR) is 98.5 cm³/mol. The highest BCUT2D eigenvalue weighted by atomic mass is 16.2. The number of nitrogens with zero attached hydrogens (tertiary/aromatic N) is 1. The Hall–Kier alpha value is -2.82. The summed E-state index contributed by atoms with van der Waals surface area (Å²) in [5.74, 6) is -0.0343. The minimum absolute atomic E-state index is 0.00693. The molecule has 0 bridgehead atoms. The zero-order chi connectivity index (χ0) is 17.9. The molecule has 132 valence electrons. The molecule has 2 N–H and O–H groups in total. The molecule has 2 amide bonds. The van der Waals surface area contributed by atoms with E-state index in [1.807, 2.05) is 48.5 Å². The lowest BCUT2D eigenvalue weighted by Crippen LogP contribution is -2.64. The lowest BCUT2D eigenvalue weighted by molar-refractivity contribution is -0.148. The SMILES string of the molecule is C[C@]12C[C@H]3C(=O)N[C@@H](Cc4ccccc4)C(=O)N3[C@H]1Nc1ccccc12. The molecular formula is C21H21N3O2. The largest absolute Gasteiger partial charge is 0.364 e. The summed E-state index contributed by atoms with van der Waals surface area (Å²) in [4.78, 5) is 27.8. The van der Waals surface area contributed by atoms with Gasteiger partial charge in [-0.3, -0.25) is 9.59 Å². The van der Waals surface area contributed by atoms with Crippen LogP contribution < -0.4 is 10.6 Å². The van der Waals surface area contributed by atoms with Crippen molar-refractivity contribution in [3.05, 3.63) is 65.7 Å². The molecule has 3 aliphatic rings. The number of anilines is 1. The van der Waals surface area contributed by atoms with Crippen LogP contribution in [0.15, 0.2) is 54.6 Å². The quantitative estimate of drug-likeness (QED) is 0.874. The van der Waals surface area contributed by atoms with E-state index >= 15 is 0 Å². The first-order chi connectivity index (χ1) is 12.6. The van der Waals surface area contributed by atoms with Crippen LogP contribution in [0.5, 0.6) is 0 Å². The van der Waals surface area contributed by atoms with E-state index in [9.17, 15) is 9.59 Å². The average Bonchev–Trinajstić information content (AvgIpc) is 3.10. The molecule has 0 aromatic heterocycles. The third kappa shape index (κ3) is 2.03. The number of carbonyl (C=O) groups excluding carboxylic acids is 2. The topological polar surface area (TPSA) is 61.4 Å². The van der Waals surface area contributed by atoms with Gasteiger partial charge in [0.1, 0.15) is 18.2 Å². The monoisotopic (exact) mass is 347 g/mol. The molecule has 0 aliphatic carbocycles. The fourth-order valence-electron chi connectivity index (χ4n) is 4.84. The van der Waals surface area contributed by atoms with Crippen LogP contribution >= 0.6 is 0 Å². The summed E-state index contributed by atoms with van der Waals surface area (Å²) in [6.45, 7) is 2.15. The molecule has 2 saturated heterocycles. The van der Waals surface area contributed by atoms with Crippen molar-refractivity contribution in [2.75, 3.05) is 5.32 Å². The first-order valence-corrected chi connectivity index (χ1v) is 9.10. The highest BCUT2D eigenvalue weighted by molar-refractivity contribution is 5.99. The number of hydrogen-bond donors (Lipinski definition) is 2. The number of nitrogens with one attached hydrogen (secondary N) is 2. The number of para-hydroxylation sites is 1. The summed E-state index contributed by atoms with van der Waals surface area (Å²) in [7, 11) is 0. The first kappa shape index (κ1) is 15.4. The Balaban J connectivity index is 1.48. The summed E-state index contributed by atoms with van der Waals surface area (Å²) >= 11 is 0. The van der Waals surface area contributed by atoms with Gasteiger partial charge in [-0.1, -0.05) is 55.5 Å². The number of hydrogen-bond acceptors (Lipinski definition) is 3. The summed E-state index contributed by atoms with van der Waals surface area (Å²) in [5, 5.41) is 6.46. The molecule has 5 rings (SSSR count). The van der Waals surface area contributed by atoms with Gasteiger partial charge in [-0.15, -0.1) is 0 Å². The van der Waals surface area contributed by atoms with Crippen molar-refractivity contribution < 1.29 is 9.59 Å². The molecule has 5 nitrogen and oxygen atoms in total. The number of rotatable bonds is 2. The molecule has 3 aliphatic heterocycles. The van der Waals surface area contributed by atoms with Crippen LogP contribution in [0, 0.1) is 0 Å². The lowest BCUT2D eigenvalue weighted by Gasteiger charge is -2.38. The first-order valence-electron chi connectivity index (χ1n) is 9.10. The zero-order valence-corrected chi connectivity index (χ0v) is 14.6. The van der Waals surface area contributed by atoms with Gasteiger partial charge in [-0.25, -0.2) is 0 Å². The number of benzene rings is 2. The standard InChI is InChI=1S/C21H21N3O2/c1-21-12-17-18(25)22-16(11-13-7-3-2-4-8-13)19(26)24(17)20(21)23-15-10-6-5-9-14(15)21/h2-10,16-17,20,23H,11-12H2,1H3,(H,22,25)/t16-,17-,20+,21+/m0/s1. The molecular weight excluding hydrogens is 326 g/mol. The van der Waals surface area contributed by atoms with Crippen LogP contribution in [-0.2, 0) is 21.4 Å². The summed E-state index contributed by atoms with van der Waals surface area (Å²) in [6.07, 6.45) is 1.00. The van der Waals surface area contributed by atoms with Crippen LogP contribution in [0.2, 0.25) is 0 Å². The molecule has 2 aromatic rings. The Morgan fingerprint density at radius 1 is 1.04 bits per heavy atom. The molecule has 2 aromatic carbocycles. The van der Waals surface area contributed by atoms with Gasteiger partial charge in [0, 0.05) is 17.5 Å². The Bertz CT molecular complexity index is 897. The average molecular weight is 347 g/mol. The molecule has 5 heteroatoms. The molecule has 4 atom stereocenters. The van der Waals surface area contributed by atoms with Crippen LogP contribution in [0.1, 0.15) is 24.5 Å². The van der Waals surface area contributed by atoms with E-state index in [0.29, 0.717) is 12.8 Å². The second-order valence-electron chi connectivity index (χ2n) is 7.73. The number of piperazine rings is 1. The van der Waals surface area contributed by atoms with Gasteiger partial charge < -0.3 is 15.5 Å². The number of carbonyl (C=O) groups is 2. The second kappa shape index (κ2) is 5.34. The Morgan fingerprint density at radius 3 is 2.58 bits per heavy atom. The van der Waals surface area contributed by atoms with Crippen LogP contribution in [0.25, 0.3) is 0 Å². The van der Waals surface area contributed by atoms with Crippen LogP contribution in [0.3, 0.4) is 0 Å². The fourth-order valence-corrected chi connectivity index (χ4v) is 4.84. The Kier molecular flexibility index (Phi) is 3.17. The fraction of sp³-hybridized carbons (Fsp3) is 0.333. The second-order valence-corrected chi connectivity index (χ2v) is 7.73. The molecule has 26 heavy (non-hydrogen) atoms. The van der Waals surface area contributed by atoms with Gasteiger partial charge in [0.25, 0.3) is 0 Å². The molecule has 0 saturated carbocycles. The summed E-state index contributed by atoms with van der Waals surface area (Å²) in [5.41, 5.74) is 3.07. The van der Waals surface area contributed by atoms with Crippen LogP contribution in [0.4, 0.5) is 5.69 Å². The number of fused-ring (bicyclic) bond motifs is 5. The van der Waals surface area contributed by atoms with Gasteiger partial charge >= 0.3 is 0 Å². The molecule has 0 radical (unpaired) electrons. The maximum atomic E-state index is 13.3. The molecule has 0 unspecified atom stereocenters. The zero-order valence-electron chi connectivity index (χ0n) is 14.6. The molecule has 2 fully saturated rings. The van der Waals surface area contributed by atoms with Gasteiger partial charge in [0.05, 0.1) is 0 Å². The number of amides is 2. The minimum Gasteiger partial charge on any atom is -0.364 e. The van der Waals surface area contributed by atoms with Crippen molar-refractivity contribution in [2.45, 2.75) is 43.4 Å². The van der Waals surface area contributed by atoms with Crippen molar-refractivity contribution in [3.63, 3.8) is 0 Å².